The van der Waals surface area contributed by atoms with Crippen molar-refractivity contribution in [3.05, 3.63) is 76.6 Å². The summed E-state index contributed by atoms with van der Waals surface area (Å²) >= 11 is 0. The van der Waals surface area contributed by atoms with E-state index in [1.165, 1.54) is 0 Å². The van der Waals surface area contributed by atoms with Gasteiger partial charge in [-0.2, -0.15) is 13.2 Å². The number of carbonyl (C=O) groups is 1. The fourth-order valence-corrected chi connectivity index (χ4v) is 7.63. The lowest BCUT2D eigenvalue weighted by Gasteiger charge is -2.22. The molecular weight excluding hydrogens is 588 g/mol. The first-order valence-electron chi connectivity index (χ1n) is 14.2. The number of hydrogen-bond acceptors (Lipinski definition) is 5. The highest BCUT2D eigenvalue weighted by atomic mass is 32.2. The molecule has 6 rings (SSSR count). The lowest BCUT2D eigenvalue weighted by Crippen LogP contribution is -2.23. The molecule has 2 atom stereocenters. The normalized spacial score (nSPS) is 22.9. The third-order valence-electron chi connectivity index (χ3n) is 8.41. The molecule has 1 N–H and O–H groups in total. The van der Waals surface area contributed by atoms with Crippen molar-refractivity contribution in [1.82, 2.24) is 0 Å². The van der Waals surface area contributed by atoms with Gasteiger partial charge >= 0.3 is 12.1 Å². The highest BCUT2D eigenvalue weighted by Crippen LogP contribution is 2.48. The molecule has 43 heavy (non-hydrogen) atoms. The van der Waals surface area contributed by atoms with Gasteiger partial charge in [-0.1, -0.05) is 18.2 Å². The maximum absolute atomic E-state index is 15.4. The second kappa shape index (κ2) is 11.8. The van der Waals surface area contributed by atoms with E-state index in [1.807, 2.05) is 0 Å². The number of benzene rings is 3. The minimum Gasteiger partial charge on any atom is -0.493 e. The van der Waals surface area contributed by atoms with Gasteiger partial charge < -0.3 is 19.3 Å². The molecule has 3 aromatic rings. The standard InChI is InChI=1S/C32H30F4O6S/c33-26-15-25(32(34,35)36)30(19-1-3-21(4-2-19)40-16-18-9-11-43(39)12-10-18)24-7-8-27(31(24)26)42-22-5-6-23-20(13-29(37)38)17-41-28(23)14-22/h1-6,14-15,18,20,27H,7-13,16-17H2,(H,37,38)/t18?,20-,27-,43?/m1/s1. The average Bonchev–Trinajstić information content (AvgIpc) is 3.56. The Hall–Kier alpha value is -3.60. The highest BCUT2D eigenvalue weighted by molar-refractivity contribution is 7.85. The van der Waals surface area contributed by atoms with Crippen molar-refractivity contribution in [2.24, 2.45) is 5.92 Å². The SMILES string of the molecule is O=C(O)C[C@@H]1COc2cc(O[C@@H]3CCc4c(-c5ccc(OCC6CCS(=O)CC6)cc5)c(C(F)(F)F)cc(F)c43)ccc21. The molecule has 0 aromatic heterocycles. The molecule has 0 radical (unpaired) electrons. The molecule has 0 bridgehead atoms. The molecule has 0 saturated carbocycles. The number of aliphatic carboxylic acids is 1. The molecule has 1 saturated heterocycles. The van der Waals surface area contributed by atoms with E-state index in [1.54, 1.807) is 42.5 Å². The monoisotopic (exact) mass is 618 g/mol. The molecule has 1 aliphatic carbocycles. The van der Waals surface area contributed by atoms with Crippen molar-refractivity contribution in [3.8, 4) is 28.4 Å². The molecule has 2 heterocycles. The second-order valence-corrected chi connectivity index (χ2v) is 12.9. The molecule has 228 valence electrons. The number of fused-ring (bicyclic) bond motifs is 2. The molecule has 3 aliphatic rings. The van der Waals surface area contributed by atoms with Crippen LogP contribution in [0.2, 0.25) is 0 Å². The van der Waals surface area contributed by atoms with E-state index >= 15 is 4.39 Å². The molecular formula is C32H30F4O6S. The first-order chi connectivity index (χ1) is 20.6. The summed E-state index contributed by atoms with van der Waals surface area (Å²) in [5, 5.41) is 9.13. The van der Waals surface area contributed by atoms with Gasteiger partial charge in [-0.25, -0.2) is 4.39 Å². The Morgan fingerprint density at radius 2 is 1.74 bits per heavy atom. The van der Waals surface area contributed by atoms with Gasteiger partial charge in [-0.05, 0) is 72.6 Å². The zero-order chi connectivity index (χ0) is 30.3. The van der Waals surface area contributed by atoms with Gasteiger partial charge in [-0.15, -0.1) is 0 Å². The van der Waals surface area contributed by atoms with Crippen LogP contribution in [0, 0.1) is 11.7 Å². The van der Waals surface area contributed by atoms with Crippen LogP contribution in [-0.4, -0.2) is 40.0 Å². The first kappa shape index (κ1) is 29.5. The quantitative estimate of drug-likeness (QED) is 0.272. The number of ether oxygens (including phenoxy) is 3. The number of hydrogen-bond donors (Lipinski definition) is 1. The van der Waals surface area contributed by atoms with Gasteiger partial charge in [0.2, 0.25) is 0 Å². The fourth-order valence-electron chi connectivity index (χ4n) is 6.23. The third-order valence-corrected chi connectivity index (χ3v) is 9.79. The van der Waals surface area contributed by atoms with Crippen LogP contribution in [0.25, 0.3) is 11.1 Å². The van der Waals surface area contributed by atoms with Crippen molar-refractivity contribution in [2.45, 2.75) is 50.3 Å². The van der Waals surface area contributed by atoms with Gasteiger partial charge in [0, 0.05) is 45.4 Å². The summed E-state index contributed by atoms with van der Waals surface area (Å²) in [7, 11) is -0.769. The molecule has 2 aliphatic heterocycles. The summed E-state index contributed by atoms with van der Waals surface area (Å²) in [6, 6.07) is 11.9. The number of carboxylic acid groups (broad SMARTS) is 1. The topological polar surface area (TPSA) is 82.1 Å². The lowest BCUT2D eigenvalue weighted by atomic mass is 9.91. The van der Waals surface area contributed by atoms with Gasteiger partial charge in [0.1, 0.15) is 29.2 Å². The maximum Gasteiger partial charge on any atom is 0.417 e. The van der Waals surface area contributed by atoms with Crippen molar-refractivity contribution in [2.75, 3.05) is 24.7 Å². The highest BCUT2D eigenvalue weighted by Gasteiger charge is 2.40. The summed E-state index contributed by atoms with van der Waals surface area (Å²) in [6.07, 6.45) is -3.55. The third kappa shape index (κ3) is 6.23. The number of rotatable bonds is 8. The van der Waals surface area contributed by atoms with Gasteiger partial charge in [0.15, 0.2) is 0 Å². The predicted octanol–water partition coefficient (Wildman–Crippen LogP) is 7.07. The Morgan fingerprint density at radius 1 is 1.02 bits per heavy atom. The molecule has 1 fully saturated rings. The Morgan fingerprint density at radius 3 is 2.44 bits per heavy atom. The van der Waals surface area contributed by atoms with Gasteiger partial charge in [0.25, 0.3) is 0 Å². The maximum atomic E-state index is 15.4. The van der Waals surface area contributed by atoms with Crippen molar-refractivity contribution in [1.29, 1.82) is 0 Å². The Labute approximate surface area is 248 Å². The molecule has 0 unspecified atom stereocenters. The summed E-state index contributed by atoms with van der Waals surface area (Å²) in [4.78, 5) is 11.1. The smallest absolute Gasteiger partial charge is 0.417 e. The molecule has 3 aromatic carbocycles. The Kier molecular flexibility index (Phi) is 8.10. The predicted molar refractivity (Wildman–Crippen MR) is 152 cm³/mol. The second-order valence-electron chi connectivity index (χ2n) is 11.2. The molecule has 0 amide bonds. The zero-order valence-electron chi connectivity index (χ0n) is 23.1. The van der Waals surface area contributed by atoms with E-state index in [4.69, 9.17) is 19.3 Å². The minimum atomic E-state index is -4.77. The van der Waals surface area contributed by atoms with E-state index in [0.29, 0.717) is 47.0 Å². The van der Waals surface area contributed by atoms with Crippen LogP contribution in [0.3, 0.4) is 0 Å². The van der Waals surface area contributed by atoms with E-state index < -0.39 is 40.4 Å². The van der Waals surface area contributed by atoms with Crippen LogP contribution in [-0.2, 0) is 28.2 Å². The largest absolute Gasteiger partial charge is 0.493 e. The van der Waals surface area contributed by atoms with Crippen molar-refractivity contribution < 1.29 is 45.9 Å². The number of alkyl halides is 3. The first-order valence-corrected chi connectivity index (χ1v) is 15.7. The Bertz CT molecular complexity index is 1540. The summed E-state index contributed by atoms with van der Waals surface area (Å²) in [5.74, 6) is 0.766. The average molecular weight is 619 g/mol. The van der Waals surface area contributed by atoms with Crippen molar-refractivity contribution >= 4 is 16.8 Å². The molecule has 11 heteroatoms. The van der Waals surface area contributed by atoms with Gasteiger partial charge in [0.05, 0.1) is 25.2 Å². The van der Waals surface area contributed by atoms with Crippen LogP contribution in [0.1, 0.15) is 60.0 Å². The Balaban J connectivity index is 1.25. The summed E-state index contributed by atoms with van der Waals surface area (Å²) in [5.41, 5.74) is 0.310. The van der Waals surface area contributed by atoms with E-state index in [0.717, 1.165) is 18.4 Å². The van der Waals surface area contributed by atoms with Crippen LogP contribution in [0.5, 0.6) is 17.2 Å². The lowest BCUT2D eigenvalue weighted by molar-refractivity contribution is -0.138. The molecule has 6 nitrogen and oxygen atoms in total. The molecule has 0 spiro atoms. The van der Waals surface area contributed by atoms with E-state index in [-0.39, 0.29) is 54.4 Å². The van der Waals surface area contributed by atoms with Crippen molar-refractivity contribution in [3.63, 3.8) is 0 Å². The fraction of sp³-hybridized carbons (Fsp3) is 0.406. The van der Waals surface area contributed by atoms with Crippen LogP contribution in [0.15, 0.2) is 48.5 Å². The van der Waals surface area contributed by atoms with Crippen LogP contribution < -0.4 is 14.2 Å². The summed E-state index contributed by atoms with van der Waals surface area (Å²) in [6.45, 7) is 0.672. The zero-order valence-corrected chi connectivity index (χ0v) is 23.9. The van der Waals surface area contributed by atoms with Crippen LogP contribution >= 0.6 is 0 Å². The minimum absolute atomic E-state index is 0.0647. The van der Waals surface area contributed by atoms with Gasteiger partial charge in [-0.3, -0.25) is 9.00 Å². The number of carboxylic acids is 1. The summed E-state index contributed by atoms with van der Waals surface area (Å²) < 4.78 is 87.2. The van der Waals surface area contributed by atoms with Crippen LogP contribution in [0.4, 0.5) is 17.6 Å². The van der Waals surface area contributed by atoms with E-state index in [9.17, 15) is 22.2 Å². The van der Waals surface area contributed by atoms with E-state index in [2.05, 4.69) is 0 Å². The number of halogens is 4.